The van der Waals surface area contributed by atoms with Crippen LogP contribution in [0.2, 0.25) is 0 Å². The first-order chi connectivity index (χ1) is 10.2. The van der Waals surface area contributed by atoms with Crippen molar-refractivity contribution in [2.75, 3.05) is 19.7 Å². The predicted molar refractivity (Wildman–Crippen MR) is 85.7 cm³/mol. The van der Waals surface area contributed by atoms with Crippen molar-refractivity contribution in [1.82, 2.24) is 4.90 Å². The molecular weight excluding hydrogens is 282 g/mol. The summed E-state index contributed by atoms with van der Waals surface area (Å²) < 4.78 is 0. The maximum absolute atomic E-state index is 12.7. The molecule has 2 aliphatic rings. The molecule has 1 atom stereocenters. The zero-order valence-electron chi connectivity index (χ0n) is 12.8. The lowest BCUT2D eigenvalue weighted by Crippen LogP contribution is -2.48. The van der Waals surface area contributed by atoms with Gasteiger partial charge in [-0.3, -0.25) is 4.79 Å². The van der Waals surface area contributed by atoms with E-state index in [4.69, 9.17) is 0 Å². The molecule has 1 aromatic heterocycles. The monoisotopic (exact) mass is 307 g/mol. The minimum absolute atomic E-state index is 0.0417. The quantitative estimate of drug-likeness (QED) is 0.906. The minimum atomic E-state index is -0.0417. The van der Waals surface area contributed by atoms with Crippen LogP contribution in [0.25, 0.3) is 0 Å². The zero-order valence-corrected chi connectivity index (χ0v) is 13.6. The topological polar surface area (TPSA) is 40.5 Å². The lowest BCUT2D eigenvalue weighted by atomic mass is 9.76. The molecule has 1 saturated carbocycles. The van der Waals surface area contributed by atoms with E-state index in [1.165, 1.54) is 17.7 Å². The van der Waals surface area contributed by atoms with Gasteiger partial charge in [-0.05, 0) is 43.7 Å². The van der Waals surface area contributed by atoms with Crippen molar-refractivity contribution in [1.29, 1.82) is 0 Å². The van der Waals surface area contributed by atoms with Crippen molar-refractivity contribution < 1.29 is 9.90 Å². The summed E-state index contributed by atoms with van der Waals surface area (Å²) in [7, 11) is 0. The second-order valence-electron chi connectivity index (χ2n) is 6.76. The summed E-state index contributed by atoms with van der Waals surface area (Å²) in [6.45, 7) is 3.91. The Labute approximate surface area is 131 Å². The molecule has 1 N–H and O–H groups in total. The predicted octanol–water partition coefficient (Wildman–Crippen LogP) is 3.33. The van der Waals surface area contributed by atoms with E-state index >= 15 is 0 Å². The van der Waals surface area contributed by atoms with Gasteiger partial charge in [0.25, 0.3) is 5.91 Å². The molecule has 2 heterocycles. The van der Waals surface area contributed by atoms with Gasteiger partial charge in [-0.1, -0.05) is 19.8 Å². The summed E-state index contributed by atoms with van der Waals surface area (Å²) in [5.41, 5.74) is -0.0417. The lowest BCUT2D eigenvalue weighted by molar-refractivity contribution is 0.0199. The molecule has 0 aromatic carbocycles. The number of thiophene rings is 1. The van der Waals surface area contributed by atoms with Crippen molar-refractivity contribution in [3.8, 4) is 0 Å². The number of nitrogens with zero attached hydrogens (tertiary/aromatic N) is 1. The van der Waals surface area contributed by atoms with Gasteiger partial charge >= 0.3 is 0 Å². The molecule has 0 radical (unpaired) electrons. The van der Waals surface area contributed by atoms with Crippen LogP contribution in [0, 0.1) is 11.3 Å². The third kappa shape index (κ3) is 3.32. The number of aliphatic hydroxyl groups excluding tert-OH is 1. The van der Waals surface area contributed by atoms with Crippen LogP contribution >= 0.6 is 11.3 Å². The van der Waals surface area contributed by atoms with Crippen LogP contribution in [0.1, 0.15) is 53.6 Å². The number of hydrogen-bond donors (Lipinski definition) is 1. The molecule has 1 saturated heterocycles. The smallest absolute Gasteiger partial charge is 0.263 e. The van der Waals surface area contributed by atoms with Crippen molar-refractivity contribution in [2.24, 2.45) is 11.3 Å². The summed E-state index contributed by atoms with van der Waals surface area (Å²) >= 11 is 1.61. The van der Waals surface area contributed by atoms with Crippen LogP contribution in [0.4, 0.5) is 0 Å². The standard InChI is InChI=1S/C17H25NO2S/c1-2-14-6-7-15(21-14)16(20)18-9-3-8-17(11-18,12-19)10-13-4-5-13/h6-7,13,19H,2-5,8-12H2,1H3. The van der Waals surface area contributed by atoms with Crippen LogP contribution < -0.4 is 0 Å². The number of likely N-dealkylation sites (tertiary alicyclic amines) is 1. The van der Waals surface area contributed by atoms with Crippen LogP contribution in [0.3, 0.4) is 0 Å². The number of amides is 1. The Morgan fingerprint density at radius 1 is 1.48 bits per heavy atom. The van der Waals surface area contributed by atoms with Gasteiger partial charge in [-0.25, -0.2) is 0 Å². The molecule has 0 bridgehead atoms. The number of carbonyl (C=O) groups is 1. The molecule has 3 rings (SSSR count). The fourth-order valence-corrected chi connectivity index (χ4v) is 4.43. The zero-order chi connectivity index (χ0) is 14.9. The van der Waals surface area contributed by atoms with Gasteiger partial charge in [0.2, 0.25) is 0 Å². The second-order valence-corrected chi connectivity index (χ2v) is 7.92. The molecular formula is C17H25NO2S. The Hall–Kier alpha value is -0.870. The number of aryl methyl sites for hydroxylation is 1. The minimum Gasteiger partial charge on any atom is -0.396 e. The first kappa shape index (κ1) is 15.0. The molecule has 116 valence electrons. The van der Waals surface area contributed by atoms with Crippen LogP contribution in [-0.4, -0.2) is 35.6 Å². The summed E-state index contributed by atoms with van der Waals surface area (Å²) in [6.07, 6.45) is 6.78. The third-order valence-electron chi connectivity index (χ3n) is 4.92. The maximum atomic E-state index is 12.7. The molecule has 21 heavy (non-hydrogen) atoms. The highest BCUT2D eigenvalue weighted by Crippen LogP contribution is 2.44. The van der Waals surface area contributed by atoms with E-state index in [2.05, 4.69) is 13.0 Å². The van der Waals surface area contributed by atoms with Gasteiger partial charge in [0.05, 0.1) is 11.5 Å². The van der Waals surface area contributed by atoms with E-state index < -0.39 is 0 Å². The highest BCUT2D eigenvalue weighted by atomic mass is 32.1. The first-order valence-electron chi connectivity index (χ1n) is 8.14. The summed E-state index contributed by atoms with van der Waals surface area (Å²) in [5.74, 6) is 0.952. The van der Waals surface area contributed by atoms with Gasteiger partial charge < -0.3 is 10.0 Å². The Kier molecular flexibility index (Phi) is 4.36. The van der Waals surface area contributed by atoms with Crippen molar-refractivity contribution in [3.05, 3.63) is 21.9 Å². The summed E-state index contributed by atoms with van der Waals surface area (Å²) in [6, 6.07) is 4.02. The first-order valence-corrected chi connectivity index (χ1v) is 8.96. The second kappa shape index (κ2) is 6.09. The van der Waals surface area contributed by atoms with E-state index in [-0.39, 0.29) is 17.9 Å². The Morgan fingerprint density at radius 2 is 2.29 bits per heavy atom. The third-order valence-corrected chi connectivity index (χ3v) is 6.14. The van der Waals surface area contributed by atoms with Gasteiger partial charge in [0.1, 0.15) is 0 Å². The van der Waals surface area contributed by atoms with E-state index in [9.17, 15) is 9.90 Å². The van der Waals surface area contributed by atoms with E-state index in [1.54, 1.807) is 11.3 Å². The largest absolute Gasteiger partial charge is 0.396 e. The van der Waals surface area contributed by atoms with Crippen molar-refractivity contribution >= 4 is 17.2 Å². The number of hydrogen-bond acceptors (Lipinski definition) is 3. The number of carbonyl (C=O) groups excluding carboxylic acids is 1. The van der Waals surface area contributed by atoms with Gasteiger partial charge in [-0.2, -0.15) is 0 Å². The number of piperidine rings is 1. The molecule has 1 aromatic rings. The average Bonchev–Trinajstić information content (AvgIpc) is 3.19. The van der Waals surface area contributed by atoms with E-state index in [0.29, 0.717) is 0 Å². The van der Waals surface area contributed by atoms with E-state index in [1.807, 2.05) is 11.0 Å². The highest BCUT2D eigenvalue weighted by molar-refractivity contribution is 7.14. The Bertz CT molecular complexity index is 509. The van der Waals surface area contributed by atoms with Gasteiger partial charge in [0.15, 0.2) is 0 Å². The van der Waals surface area contributed by atoms with Gasteiger partial charge in [0, 0.05) is 23.4 Å². The Morgan fingerprint density at radius 3 is 2.90 bits per heavy atom. The molecule has 1 aliphatic carbocycles. The molecule has 0 spiro atoms. The lowest BCUT2D eigenvalue weighted by Gasteiger charge is -2.42. The Balaban J connectivity index is 1.70. The fraction of sp³-hybridized carbons (Fsp3) is 0.706. The molecule has 2 fully saturated rings. The van der Waals surface area contributed by atoms with Gasteiger partial charge in [-0.15, -0.1) is 11.3 Å². The van der Waals surface area contributed by atoms with Crippen LogP contribution in [0.5, 0.6) is 0 Å². The average molecular weight is 307 g/mol. The number of rotatable bonds is 5. The molecule has 1 unspecified atom stereocenters. The summed E-state index contributed by atoms with van der Waals surface area (Å²) in [5, 5.41) is 9.90. The maximum Gasteiger partial charge on any atom is 0.263 e. The molecule has 1 aliphatic heterocycles. The summed E-state index contributed by atoms with van der Waals surface area (Å²) in [4.78, 5) is 16.8. The molecule has 4 heteroatoms. The van der Waals surface area contributed by atoms with Crippen LogP contribution in [0.15, 0.2) is 12.1 Å². The van der Waals surface area contributed by atoms with E-state index in [0.717, 1.165) is 49.6 Å². The number of aliphatic hydroxyl groups is 1. The van der Waals surface area contributed by atoms with Crippen molar-refractivity contribution in [3.63, 3.8) is 0 Å². The fourth-order valence-electron chi connectivity index (χ4n) is 3.51. The normalized spacial score (nSPS) is 26.1. The highest BCUT2D eigenvalue weighted by Gasteiger charge is 2.41. The van der Waals surface area contributed by atoms with Crippen LogP contribution in [-0.2, 0) is 6.42 Å². The van der Waals surface area contributed by atoms with Crippen molar-refractivity contribution in [2.45, 2.75) is 45.4 Å². The molecule has 1 amide bonds. The SMILES string of the molecule is CCc1ccc(C(=O)N2CCCC(CO)(CC3CC3)C2)s1. The molecule has 3 nitrogen and oxygen atoms in total.